The highest BCUT2D eigenvalue weighted by atomic mass is 16.4. The largest absolute Gasteiger partial charge is 0.481 e. The van der Waals surface area contributed by atoms with Crippen molar-refractivity contribution >= 4 is 5.97 Å². The van der Waals surface area contributed by atoms with Crippen LogP contribution in [0.1, 0.15) is 24.0 Å². The monoisotopic (exact) mass is 211 g/mol. The van der Waals surface area contributed by atoms with Crippen LogP contribution in [0.25, 0.3) is 0 Å². The lowest BCUT2D eigenvalue weighted by Crippen LogP contribution is -2.19. The van der Waals surface area contributed by atoms with Crippen molar-refractivity contribution in [3.05, 3.63) is 35.4 Å². The van der Waals surface area contributed by atoms with Crippen LogP contribution in [0, 0.1) is 23.2 Å². The normalized spacial score (nSPS) is 15.4. The number of hydrogen-bond donors (Lipinski definition) is 1. The predicted octanol–water partition coefficient (Wildman–Crippen LogP) is 1.68. The van der Waals surface area contributed by atoms with Gasteiger partial charge in [-0.15, -0.1) is 0 Å². The molecule has 78 valence electrons. The van der Waals surface area contributed by atoms with Crippen molar-refractivity contribution in [1.82, 2.24) is 0 Å². The van der Waals surface area contributed by atoms with Crippen LogP contribution < -0.4 is 0 Å². The van der Waals surface area contributed by atoms with Gasteiger partial charge in [-0.05, 0) is 30.5 Å². The van der Waals surface area contributed by atoms with E-state index in [4.69, 9.17) is 10.4 Å². The molecule has 0 aromatic heterocycles. The lowest BCUT2D eigenvalue weighted by molar-refractivity contribution is -0.140. The molecule has 0 amide bonds. The van der Waals surface area contributed by atoms with E-state index in [9.17, 15) is 4.79 Å². The number of aliphatic carboxylic acids is 1. The summed E-state index contributed by atoms with van der Waals surface area (Å²) in [5.41, 5.74) is 0.885. The molecule has 0 atom stereocenters. The van der Waals surface area contributed by atoms with Crippen LogP contribution in [0.15, 0.2) is 24.3 Å². The van der Waals surface area contributed by atoms with E-state index in [0.717, 1.165) is 11.1 Å². The summed E-state index contributed by atoms with van der Waals surface area (Å²) >= 11 is 0. The van der Waals surface area contributed by atoms with Gasteiger partial charge in [0, 0.05) is 11.5 Å². The zero-order chi connectivity index (χ0) is 11.6. The van der Waals surface area contributed by atoms with Crippen molar-refractivity contribution in [1.29, 1.82) is 5.26 Å². The smallest absolute Gasteiger partial charge is 0.314 e. The van der Waals surface area contributed by atoms with Gasteiger partial charge in [0.05, 0.1) is 5.41 Å². The predicted molar refractivity (Wildman–Crippen MR) is 57.5 cm³/mol. The van der Waals surface area contributed by atoms with E-state index < -0.39 is 11.4 Å². The minimum Gasteiger partial charge on any atom is -0.481 e. The van der Waals surface area contributed by atoms with Crippen LogP contribution in [0.4, 0.5) is 0 Å². The minimum atomic E-state index is -0.761. The molecule has 0 aliphatic heterocycles. The number of carbonyl (C=O) groups is 1. The fourth-order valence-corrected chi connectivity index (χ4v) is 1.72. The summed E-state index contributed by atoms with van der Waals surface area (Å²) in [5.74, 6) is 4.20. The lowest BCUT2D eigenvalue weighted by atomic mass is 9.95. The summed E-state index contributed by atoms with van der Waals surface area (Å²) in [6.45, 7) is 0. The van der Waals surface area contributed by atoms with Crippen molar-refractivity contribution in [3.63, 3.8) is 0 Å². The second kappa shape index (κ2) is 3.72. The van der Waals surface area contributed by atoms with E-state index in [1.54, 1.807) is 30.3 Å². The zero-order valence-corrected chi connectivity index (χ0v) is 8.53. The van der Waals surface area contributed by atoms with Crippen LogP contribution in [-0.4, -0.2) is 11.1 Å². The highest BCUT2D eigenvalue weighted by Crippen LogP contribution is 2.48. The van der Waals surface area contributed by atoms with Gasteiger partial charge < -0.3 is 5.11 Å². The third-order valence-corrected chi connectivity index (χ3v) is 2.86. The Morgan fingerprint density at radius 3 is 2.38 bits per heavy atom. The molecule has 3 nitrogen and oxygen atoms in total. The number of rotatable bonds is 2. The van der Waals surface area contributed by atoms with E-state index in [-0.39, 0.29) is 0 Å². The summed E-state index contributed by atoms with van der Waals surface area (Å²) in [7, 11) is 0. The Kier molecular flexibility index (Phi) is 2.38. The molecule has 16 heavy (non-hydrogen) atoms. The summed E-state index contributed by atoms with van der Waals surface area (Å²) in [6.07, 6.45) is 1.40. The van der Waals surface area contributed by atoms with Crippen molar-refractivity contribution in [2.45, 2.75) is 18.3 Å². The van der Waals surface area contributed by atoms with Gasteiger partial charge in [0.25, 0.3) is 0 Å². The van der Waals surface area contributed by atoms with Gasteiger partial charge in [-0.2, -0.15) is 5.26 Å². The number of nitrogens with zero attached hydrogens (tertiary/aromatic N) is 1. The second-order valence-corrected chi connectivity index (χ2v) is 3.83. The number of carboxylic acids is 1. The van der Waals surface area contributed by atoms with E-state index in [1.807, 2.05) is 0 Å². The molecule has 1 aromatic rings. The first kappa shape index (κ1) is 10.3. The molecule has 0 unspecified atom stereocenters. The Hall–Kier alpha value is -2.26. The molecule has 1 aliphatic rings. The van der Waals surface area contributed by atoms with Gasteiger partial charge >= 0.3 is 5.97 Å². The quantitative estimate of drug-likeness (QED) is 0.757. The summed E-state index contributed by atoms with van der Waals surface area (Å²) in [6, 6.07) is 8.80. The molecule has 0 radical (unpaired) electrons. The Morgan fingerprint density at radius 2 is 1.94 bits per heavy atom. The van der Waals surface area contributed by atoms with Gasteiger partial charge in [0.1, 0.15) is 0 Å². The summed E-state index contributed by atoms with van der Waals surface area (Å²) in [5, 5.41) is 17.4. The first-order chi connectivity index (χ1) is 7.69. The van der Waals surface area contributed by atoms with Gasteiger partial charge in [-0.3, -0.25) is 4.79 Å². The standard InChI is InChI=1S/C13H9NO2/c14-9-1-2-10-3-5-11(6-4-10)13(7-8-13)12(15)16/h3-6H,7-8H2,(H,15,16). The number of benzene rings is 1. The van der Waals surface area contributed by atoms with Gasteiger partial charge in [0.15, 0.2) is 6.07 Å². The average Bonchev–Trinajstić information content (AvgIpc) is 3.08. The van der Waals surface area contributed by atoms with Crippen molar-refractivity contribution in [2.75, 3.05) is 0 Å². The van der Waals surface area contributed by atoms with Crippen LogP contribution >= 0.6 is 0 Å². The van der Waals surface area contributed by atoms with E-state index >= 15 is 0 Å². The van der Waals surface area contributed by atoms with E-state index in [2.05, 4.69) is 11.8 Å². The molecule has 3 heteroatoms. The Morgan fingerprint density at radius 1 is 1.31 bits per heavy atom. The first-order valence-electron chi connectivity index (χ1n) is 4.93. The average molecular weight is 211 g/mol. The Balaban J connectivity index is 2.27. The third-order valence-electron chi connectivity index (χ3n) is 2.86. The molecule has 2 rings (SSSR count). The molecule has 1 fully saturated rings. The molecule has 0 saturated heterocycles. The second-order valence-electron chi connectivity index (χ2n) is 3.83. The molecule has 0 spiro atoms. The summed E-state index contributed by atoms with van der Waals surface area (Å²) in [4.78, 5) is 11.1. The highest BCUT2D eigenvalue weighted by molar-refractivity contribution is 5.84. The minimum absolute atomic E-state index is 0.665. The van der Waals surface area contributed by atoms with Crippen LogP contribution in [-0.2, 0) is 10.2 Å². The molecule has 1 saturated carbocycles. The number of nitriles is 1. The van der Waals surface area contributed by atoms with Crippen molar-refractivity contribution in [2.24, 2.45) is 0 Å². The van der Waals surface area contributed by atoms with E-state index in [0.29, 0.717) is 12.8 Å². The molecule has 1 aromatic carbocycles. The van der Waals surface area contributed by atoms with Crippen LogP contribution in [0.3, 0.4) is 0 Å². The zero-order valence-electron chi connectivity index (χ0n) is 8.53. The SMILES string of the molecule is N#CC#Cc1ccc(C2(C(=O)O)CC2)cc1. The van der Waals surface area contributed by atoms with Crippen LogP contribution in [0.2, 0.25) is 0 Å². The third kappa shape index (κ3) is 1.64. The molecular weight excluding hydrogens is 202 g/mol. The van der Waals surface area contributed by atoms with Crippen LogP contribution in [0.5, 0.6) is 0 Å². The number of carboxylic acid groups (broad SMARTS) is 1. The van der Waals surface area contributed by atoms with Gasteiger partial charge in [-0.1, -0.05) is 18.1 Å². The molecule has 0 bridgehead atoms. The molecule has 1 N–H and O–H groups in total. The maximum absolute atomic E-state index is 11.1. The fourth-order valence-electron chi connectivity index (χ4n) is 1.72. The van der Waals surface area contributed by atoms with Crippen molar-refractivity contribution < 1.29 is 9.90 Å². The van der Waals surface area contributed by atoms with Gasteiger partial charge in [0.2, 0.25) is 0 Å². The van der Waals surface area contributed by atoms with Gasteiger partial charge in [-0.25, -0.2) is 0 Å². The summed E-state index contributed by atoms with van der Waals surface area (Å²) < 4.78 is 0. The molecule has 1 aliphatic carbocycles. The fraction of sp³-hybridized carbons (Fsp3) is 0.231. The number of hydrogen-bond acceptors (Lipinski definition) is 2. The lowest BCUT2D eigenvalue weighted by Gasteiger charge is -2.09. The first-order valence-corrected chi connectivity index (χ1v) is 4.93. The molecule has 0 heterocycles. The Bertz CT molecular complexity index is 522. The highest BCUT2D eigenvalue weighted by Gasteiger charge is 2.51. The maximum Gasteiger partial charge on any atom is 0.314 e. The Labute approximate surface area is 93.3 Å². The topological polar surface area (TPSA) is 61.1 Å². The molecular formula is C13H9NO2. The van der Waals surface area contributed by atoms with Crippen molar-refractivity contribution in [3.8, 4) is 17.9 Å². The van der Waals surface area contributed by atoms with E-state index in [1.165, 1.54) is 0 Å². The maximum atomic E-state index is 11.1.